The topological polar surface area (TPSA) is 40.6 Å². The number of hydrogen-bond acceptors (Lipinski definition) is 3. The summed E-state index contributed by atoms with van der Waals surface area (Å²) in [5.41, 5.74) is 0.773. The second kappa shape index (κ2) is 6.61. The van der Waals surface area contributed by atoms with Crippen LogP contribution in [-0.2, 0) is 9.59 Å². The van der Waals surface area contributed by atoms with Crippen molar-refractivity contribution in [2.24, 2.45) is 0 Å². The van der Waals surface area contributed by atoms with Crippen LogP contribution in [0.1, 0.15) is 6.92 Å². The Kier molecular flexibility index (Phi) is 4.85. The first-order chi connectivity index (χ1) is 9.18. The molecule has 0 aromatic heterocycles. The Labute approximate surface area is 117 Å². The van der Waals surface area contributed by atoms with E-state index in [2.05, 4.69) is 0 Å². The molecule has 5 heteroatoms. The molecular weight excluding hydrogens is 260 g/mol. The Bertz CT molecular complexity index is 444. The molecule has 1 saturated heterocycles. The average molecular weight is 278 g/mol. The maximum absolute atomic E-state index is 12.2. The van der Waals surface area contributed by atoms with Crippen molar-refractivity contribution in [1.29, 1.82) is 0 Å². The molecule has 1 aliphatic rings. The van der Waals surface area contributed by atoms with Crippen molar-refractivity contribution < 1.29 is 9.59 Å². The number of carbonyl (C=O) groups excluding carboxylic acids is 2. The molecule has 2 amide bonds. The maximum Gasteiger partial charge on any atom is 0.242 e. The molecule has 0 atom stereocenters. The Balaban J connectivity index is 2.04. The molecule has 19 heavy (non-hydrogen) atoms. The predicted octanol–water partition coefficient (Wildman–Crippen LogP) is 1.61. The zero-order valence-electron chi connectivity index (χ0n) is 11.0. The predicted molar refractivity (Wildman–Crippen MR) is 78.4 cm³/mol. The highest BCUT2D eigenvalue weighted by molar-refractivity contribution is 7.99. The van der Waals surface area contributed by atoms with Gasteiger partial charge in [0, 0.05) is 37.2 Å². The second-order valence-corrected chi connectivity index (χ2v) is 5.66. The van der Waals surface area contributed by atoms with Crippen LogP contribution in [0.25, 0.3) is 0 Å². The first-order valence-corrected chi connectivity index (χ1v) is 7.52. The van der Waals surface area contributed by atoms with Gasteiger partial charge in [-0.2, -0.15) is 11.8 Å². The van der Waals surface area contributed by atoms with Crippen molar-refractivity contribution in [2.75, 3.05) is 36.0 Å². The van der Waals surface area contributed by atoms with Crippen LogP contribution in [0.15, 0.2) is 30.3 Å². The minimum Gasteiger partial charge on any atom is -0.339 e. The molecule has 1 heterocycles. The first-order valence-electron chi connectivity index (χ1n) is 6.37. The molecule has 102 valence electrons. The average Bonchev–Trinajstić information content (AvgIpc) is 2.46. The van der Waals surface area contributed by atoms with E-state index in [1.807, 2.05) is 47.0 Å². The normalized spacial score (nSPS) is 15.1. The Morgan fingerprint density at radius 3 is 2.42 bits per heavy atom. The van der Waals surface area contributed by atoms with Crippen LogP contribution in [0.3, 0.4) is 0 Å². The van der Waals surface area contributed by atoms with E-state index < -0.39 is 0 Å². The van der Waals surface area contributed by atoms with E-state index in [1.165, 1.54) is 11.8 Å². The molecule has 4 nitrogen and oxygen atoms in total. The standard InChI is InChI=1S/C14H18N2O2S/c1-12(17)16(13-5-3-2-4-6-13)11-14(18)15-7-9-19-10-8-15/h2-6H,7-11H2,1H3. The largest absolute Gasteiger partial charge is 0.339 e. The number of nitrogens with zero attached hydrogens (tertiary/aromatic N) is 2. The van der Waals surface area contributed by atoms with E-state index in [0.717, 1.165) is 30.3 Å². The molecule has 1 aliphatic heterocycles. The third-order valence-electron chi connectivity index (χ3n) is 3.11. The third-order valence-corrected chi connectivity index (χ3v) is 4.05. The molecule has 0 N–H and O–H groups in total. The fourth-order valence-corrected chi connectivity index (χ4v) is 2.94. The summed E-state index contributed by atoms with van der Waals surface area (Å²) in [6, 6.07) is 9.33. The summed E-state index contributed by atoms with van der Waals surface area (Å²) in [5, 5.41) is 0. The van der Waals surface area contributed by atoms with Crippen molar-refractivity contribution in [3.05, 3.63) is 30.3 Å². The van der Waals surface area contributed by atoms with E-state index in [1.54, 1.807) is 0 Å². The van der Waals surface area contributed by atoms with Gasteiger partial charge in [0.05, 0.1) is 0 Å². The van der Waals surface area contributed by atoms with Gasteiger partial charge in [-0.1, -0.05) is 18.2 Å². The number of para-hydroxylation sites is 1. The van der Waals surface area contributed by atoms with Gasteiger partial charge in [-0.3, -0.25) is 9.59 Å². The number of thioether (sulfide) groups is 1. The van der Waals surface area contributed by atoms with Crippen LogP contribution in [0.2, 0.25) is 0 Å². The third kappa shape index (κ3) is 3.73. The van der Waals surface area contributed by atoms with Crippen molar-refractivity contribution in [3.63, 3.8) is 0 Å². The first kappa shape index (κ1) is 13.9. The molecule has 0 radical (unpaired) electrons. The number of amides is 2. The molecule has 1 aromatic rings. The number of hydrogen-bond donors (Lipinski definition) is 0. The number of benzene rings is 1. The zero-order valence-corrected chi connectivity index (χ0v) is 11.9. The highest BCUT2D eigenvalue weighted by Crippen LogP contribution is 2.15. The van der Waals surface area contributed by atoms with E-state index in [0.29, 0.717) is 0 Å². The molecule has 0 unspecified atom stereocenters. The highest BCUT2D eigenvalue weighted by Gasteiger charge is 2.21. The fourth-order valence-electron chi connectivity index (χ4n) is 2.04. The molecule has 0 spiro atoms. The summed E-state index contributed by atoms with van der Waals surface area (Å²) in [4.78, 5) is 27.3. The van der Waals surface area contributed by atoms with Crippen molar-refractivity contribution in [2.45, 2.75) is 6.92 Å². The van der Waals surface area contributed by atoms with Gasteiger partial charge in [-0.25, -0.2) is 0 Å². The minimum absolute atomic E-state index is 0.0272. The highest BCUT2D eigenvalue weighted by atomic mass is 32.2. The zero-order chi connectivity index (χ0) is 13.7. The number of carbonyl (C=O) groups is 2. The van der Waals surface area contributed by atoms with Crippen LogP contribution in [0.4, 0.5) is 5.69 Å². The summed E-state index contributed by atoms with van der Waals surface area (Å²) in [6.07, 6.45) is 0. The maximum atomic E-state index is 12.2. The summed E-state index contributed by atoms with van der Waals surface area (Å²) < 4.78 is 0. The molecule has 2 rings (SSSR count). The Hall–Kier alpha value is -1.49. The molecule has 0 bridgehead atoms. The second-order valence-electron chi connectivity index (χ2n) is 4.43. The molecule has 0 aliphatic carbocycles. The van der Waals surface area contributed by atoms with Gasteiger partial charge in [0.2, 0.25) is 11.8 Å². The Morgan fingerprint density at radius 2 is 1.84 bits per heavy atom. The van der Waals surface area contributed by atoms with Crippen LogP contribution in [0.5, 0.6) is 0 Å². The van der Waals surface area contributed by atoms with Gasteiger partial charge in [0.15, 0.2) is 0 Å². The lowest BCUT2D eigenvalue weighted by molar-refractivity contribution is -0.130. The van der Waals surface area contributed by atoms with Crippen molar-refractivity contribution >= 4 is 29.3 Å². The summed E-state index contributed by atoms with van der Waals surface area (Å²) in [6.45, 7) is 3.18. The molecule has 1 aromatic carbocycles. The lowest BCUT2D eigenvalue weighted by Gasteiger charge is -2.29. The van der Waals surface area contributed by atoms with E-state index in [9.17, 15) is 9.59 Å². The number of rotatable bonds is 3. The molecule has 0 saturated carbocycles. The van der Waals surface area contributed by atoms with E-state index in [4.69, 9.17) is 0 Å². The Morgan fingerprint density at radius 1 is 1.21 bits per heavy atom. The van der Waals surface area contributed by atoms with Gasteiger partial charge in [0.1, 0.15) is 6.54 Å². The van der Waals surface area contributed by atoms with Gasteiger partial charge < -0.3 is 9.80 Å². The smallest absolute Gasteiger partial charge is 0.242 e. The SMILES string of the molecule is CC(=O)N(CC(=O)N1CCSCC1)c1ccccc1. The van der Waals surface area contributed by atoms with Crippen LogP contribution < -0.4 is 4.90 Å². The fraction of sp³-hybridized carbons (Fsp3) is 0.429. The van der Waals surface area contributed by atoms with Crippen LogP contribution >= 0.6 is 11.8 Å². The van der Waals surface area contributed by atoms with Gasteiger partial charge >= 0.3 is 0 Å². The van der Waals surface area contributed by atoms with Crippen LogP contribution in [-0.4, -0.2) is 47.9 Å². The number of anilines is 1. The monoisotopic (exact) mass is 278 g/mol. The minimum atomic E-state index is -0.106. The summed E-state index contributed by atoms with van der Waals surface area (Å²) >= 11 is 1.86. The molecule has 1 fully saturated rings. The van der Waals surface area contributed by atoms with E-state index in [-0.39, 0.29) is 18.4 Å². The molecular formula is C14H18N2O2S. The van der Waals surface area contributed by atoms with E-state index >= 15 is 0 Å². The van der Waals surface area contributed by atoms with Gasteiger partial charge in [-0.15, -0.1) is 0 Å². The lowest BCUT2D eigenvalue weighted by atomic mass is 10.2. The van der Waals surface area contributed by atoms with Crippen molar-refractivity contribution in [3.8, 4) is 0 Å². The lowest BCUT2D eigenvalue weighted by Crippen LogP contribution is -2.45. The summed E-state index contributed by atoms with van der Waals surface area (Å²) in [7, 11) is 0. The van der Waals surface area contributed by atoms with Gasteiger partial charge in [-0.05, 0) is 12.1 Å². The van der Waals surface area contributed by atoms with Crippen LogP contribution in [0, 0.1) is 0 Å². The van der Waals surface area contributed by atoms with Crippen molar-refractivity contribution in [1.82, 2.24) is 4.90 Å². The quantitative estimate of drug-likeness (QED) is 0.843. The summed E-state index contributed by atoms with van der Waals surface area (Å²) in [5.74, 6) is 1.89. The van der Waals surface area contributed by atoms with Gasteiger partial charge in [0.25, 0.3) is 0 Å².